The van der Waals surface area contributed by atoms with Gasteiger partial charge in [-0.1, -0.05) is 11.8 Å². The molecule has 132 valence electrons. The van der Waals surface area contributed by atoms with E-state index in [0.717, 1.165) is 5.69 Å². The van der Waals surface area contributed by atoms with Gasteiger partial charge in [-0.05, 0) is 46.1 Å². The van der Waals surface area contributed by atoms with E-state index in [1.807, 2.05) is 20.1 Å². The number of rotatable bonds is 4. The van der Waals surface area contributed by atoms with Crippen molar-refractivity contribution in [2.24, 2.45) is 0 Å². The Balaban J connectivity index is 2.38. The zero-order valence-electron chi connectivity index (χ0n) is 14.9. The van der Waals surface area contributed by atoms with E-state index in [2.05, 4.69) is 15.0 Å². The van der Waals surface area contributed by atoms with E-state index in [-0.39, 0.29) is 11.6 Å². The summed E-state index contributed by atoms with van der Waals surface area (Å²) in [5.41, 5.74) is 0.569. The lowest BCUT2D eigenvalue weighted by atomic mass is 10.0. The maximum atomic E-state index is 12.8. The minimum atomic E-state index is -1.08. The van der Waals surface area contributed by atoms with E-state index in [0.29, 0.717) is 21.9 Å². The predicted molar refractivity (Wildman–Crippen MR) is 98.3 cm³/mol. The Morgan fingerprint density at radius 3 is 2.60 bits per heavy atom. The van der Waals surface area contributed by atoms with Gasteiger partial charge >= 0.3 is 0 Å². The van der Waals surface area contributed by atoms with Gasteiger partial charge in [-0.25, -0.2) is 19.3 Å². The molecule has 0 spiro atoms. The van der Waals surface area contributed by atoms with Crippen LogP contribution in [0.15, 0.2) is 34.5 Å². The first-order valence-electron chi connectivity index (χ1n) is 7.97. The van der Waals surface area contributed by atoms with Gasteiger partial charge < -0.3 is 5.11 Å². The van der Waals surface area contributed by atoms with Crippen molar-refractivity contribution in [1.82, 2.24) is 24.3 Å². The number of aromatic nitrogens is 5. The number of pyridine rings is 1. The Labute approximate surface area is 149 Å². The van der Waals surface area contributed by atoms with Crippen LogP contribution in [0.25, 0.3) is 16.7 Å². The highest BCUT2D eigenvalue weighted by Gasteiger charge is 2.22. The molecule has 0 bridgehead atoms. The predicted octanol–water partition coefficient (Wildman–Crippen LogP) is 2.51. The quantitative estimate of drug-likeness (QED) is 0.569. The molecule has 3 aromatic rings. The number of fused-ring (bicyclic) bond motifs is 1. The number of nitrogens with zero attached hydrogens (tertiary/aromatic N) is 5. The molecule has 0 saturated carbocycles. The number of hydrogen-bond donors (Lipinski definition) is 1. The van der Waals surface area contributed by atoms with Crippen LogP contribution >= 0.6 is 11.8 Å². The lowest BCUT2D eigenvalue weighted by Gasteiger charge is -2.19. The van der Waals surface area contributed by atoms with Crippen LogP contribution in [0.3, 0.4) is 0 Å². The van der Waals surface area contributed by atoms with Crippen LogP contribution in [-0.2, 0) is 5.60 Å². The van der Waals surface area contributed by atoms with Crippen molar-refractivity contribution in [1.29, 1.82) is 0 Å². The van der Waals surface area contributed by atoms with Gasteiger partial charge in [0.1, 0.15) is 11.0 Å². The number of thioether (sulfide) groups is 1. The monoisotopic (exact) mass is 359 g/mol. The molecule has 0 atom stereocenters. The van der Waals surface area contributed by atoms with Crippen molar-refractivity contribution < 1.29 is 5.11 Å². The number of aliphatic hydroxyl groups is 1. The highest BCUT2D eigenvalue weighted by Crippen LogP contribution is 2.23. The van der Waals surface area contributed by atoms with E-state index in [4.69, 9.17) is 0 Å². The minimum Gasteiger partial charge on any atom is -0.384 e. The fraction of sp³-hybridized carbons (Fsp3) is 0.412. The van der Waals surface area contributed by atoms with Crippen LogP contribution in [0, 0.1) is 0 Å². The first-order valence-corrected chi connectivity index (χ1v) is 9.20. The molecule has 3 rings (SSSR count). The second kappa shape index (κ2) is 6.27. The molecule has 0 aliphatic rings. The Kier molecular flexibility index (Phi) is 4.42. The van der Waals surface area contributed by atoms with Gasteiger partial charge in [0.25, 0.3) is 5.56 Å². The summed E-state index contributed by atoms with van der Waals surface area (Å²) in [7, 11) is 0. The first-order chi connectivity index (χ1) is 11.7. The summed E-state index contributed by atoms with van der Waals surface area (Å²) in [4.78, 5) is 25.8. The Morgan fingerprint density at radius 2 is 2.00 bits per heavy atom. The van der Waals surface area contributed by atoms with Crippen LogP contribution in [0.5, 0.6) is 0 Å². The van der Waals surface area contributed by atoms with Gasteiger partial charge in [-0.3, -0.25) is 9.78 Å². The lowest BCUT2D eigenvalue weighted by Crippen LogP contribution is -2.25. The summed E-state index contributed by atoms with van der Waals surface area (Å²) in [6.45, 7) is 7.24. The smallest absolute Gasteiger partial charge is 0.278 e. The average Bonchev–Trinajstić information content (AvgIpc) is 2.86. The molecular formula is C17H21N5O2S. The summed E-state index contributed by atoms with van der Waals surface area (Å²) in [6.07, 6.45) is 5.09. The van der Waals surface area contributed by atoms with Gasteiger partial charge in [0, 0.05) is 18.4 Å². The Morgan fingerprint density at radius 1 is 1.28 bits per heavy atom. The lowest BCUT2D eigenvalue weighted by molar-refractivity contribution is 0.0738. The summed E-state index contributed by atoms with van der Waals surface area (Å²) >= 11 is 1.42. The van der Waals surface area contributed by atoms with Gasteiger partial charge in [0.05, 0.1) is 11.4 Å². The normalized spacial score (nSPS) is 12.3. The standard InChI is InChI=1S/C17H21N5O2S/c1-10(2)21-15(23)12-9-19-16(25-5)20-14(12)22(21)11-6-7-18-13(8-11)17(3,4)24/h6-10,24H,1-5H3. The molecule has 0 radical (unpaired) electrons. The molecule has 0 aromatic carbocycles. The molecule has 0 unspecified atom stereocenters. The average molecular weight is 359 g/mol. The summed E-state index contributed by atoms with van der Waals surface area (Å²) in [5.74, 6) is 0. The molecule has 8 heteroatoms. The number of hydrogen-bond acceptors (Lipinski definition) is 6. The van der Waals surface area contributed by atoms with E-state index in [1.54, 1.807) is 47.7 Å². The van der Waals surface area contributed by atoms with Gasteiger partial charge in [-0.2, -0.15) is 0 Å². The van der Waals surface area contributed by atoms with Crippen molar-refractivity contribution in [3.8, 4) is 5.69 Å². The Bertz CT molecular complexity index is 985. The highest BCUT2D eigenvalue weighted by atomic mass is 32.2. The van der Waals surface area contributed by atoms with E-state index in [9.17, 15) is 9.90 Å². The maximum absolute atomic E-state index is 12.8. The van der Waals surface area contributed by atoms with Crippen molar-refractivity contribution in [2.45, 2.75) is 44.5 Å². The summed E-state index contributed by atoms with van der Waals surface area (Å²) in [6, 6.07) is 3.50. The third kappa shape index (κ3) is 3.07. The third-order valence-corrected chi connectivity index (χ3v) is 4.45. The van der Waals surface area contributed by atoms with Crippen molar-refractivity contribution in [2.75, 3.05) is 6.26 Å². The molecule has 3 heterocycles. The second-order valence-corrected chi connectivity index (χ2v) is 7.38. The van der Waals surface area contributed by atoms with E-state index < -0.39 is 5.60 Å². The van der Waals surface area contributed by atoms with Crippen LogP contribution in [0.2, 0.25) is 0 Å². The van der Waals surface area contributed by atoms with Gasteiger partial charge in [-0.15, -0.1) is 0 Å². The SMILES string of the molecule is CSc1ncc2c(=O)n(C(C)C)n(-c3ccnc(C(C)(C)O)c3)c2n1. The molecule has 0 aliphatic heterocycles. The van der Waals surface area contributed by atoms with E-state index >= 15 is 0 Å². The molecular weight excluding hydrogens is 338 g/mol. The molecule has 25 heavy (non-hydrogen) atoms. The van der Waals surface area contributed by atoms with Crippen LogP contribution < -0.4 is 5.56 Å². The molecule has 1 N–H and O–H groups in total. The fourth-order valence-corrected chi connectivity index (χ4v) is 3.02. The molecule has 7 nitrogen and oxygen atoms in total. The summed E-state index contributed by atoms with van der Waals surface area (Å²) < 4.78 is 3.42. The molecule has 0 fully saturated rings. The maximum Gasteiger partial charge on any atom is 0.278 e. The highest BCUT2D eigenvalue weighted by molar-refractivity contribution is 7.98. The Hall–Kier alpha value is -2.19. The molecule has 0 saturated heterocycles. The van der Waals surface area contributed by atoms with Crippen LogP contribution in [0.4, 0.5) is 0 Å². The zero-order chi connectivity index (χ0) is 18.4. The van der Waals surface area contributed by atoms with Crippen LogP contribution in [0.1, 0.15) is 39.4 Å². The first kappa shape index (κ1) is 17.6. The largest absolute Gasteiger partial charge is 0.384 e. The second-order valence-electron chi connectivity index (χ2n) is 6.61. The van der Waals surface area contributed by atoms with Crippen LogP contribution in [-0.4, -0.2) is 35.7 Å². The molecule has 3 aromatic heterocycles. The molecule has 0 aliphatic carbocycles. The topological polar surface area (TPSA) is 85.8 Å². The van der Waals surface area contributed by atoms with Gasteiger partial charge in [0.2, 0.25) is 0 Å². The van der Waals surface area contributed by atoms with Crippen molar-refractivity contribution in [3.63, 3.8) is 0 Å². The fourth-order valence-electron chi connectivity index (χ4n) is 2.68. The van der Waals surface area contributed by atoms with Crippen molar-refractivity contribution in [3.05, 3.63) is 40.6 Å². The van der Waals surface area contributed by atoms with Gasteiger partial charge in [0.15, 0.2) is 10.8 Å². The minimum absolute atomic E-state index is 0.0711. The molecule has 0 amide bonds. The third-order valence-electron chi connectivity index (χ3n) is 3.89. The van der Waals surface area contributed by atoms with Crippen molar-refractivity contribution >= 4 is 22.8 Å². The summed E-state index contributed by atoms with van der Waals surface area (Å²) in [5, 5.41) is 11.3. The van der Waals surface area contributed by atoms with E-state index in [1.165, 1.54) is 11.8 Å². The zero-order valence-corrected chi connectivity index (χ0v) is 15.7.